The number of fused-ring (bicyclic) bond motifs is 1. The van der Waals surface area contributed by atoms with Gasteiger partial charge in [0, 0.05) is 38.0 Å². The van der Waals surface area contributed by atoms with Gasteiger partial charge >= 0.3 is 0 Å². The molecule has 8 heteroatoms. The number of unbranched alkanes of at least 4 members (excludes halogenated alkanes) is 1. The molecule has 0 saturated carbocycles. The molecule has 8 nitrogen and oxygen atoms in total. The molecule has 0 aliphatic carbocycles. The maximum Gasteiger partial charge on any atom is 0.248 e. The number of rotatable bonds is 12. The van der Waals surface area contributed by atoms with Crippen molar-refractivity contribution in [1.82, 2.24) is 9.80 Å². The van der Waals surface area contributed by atoms with Crippen LogP contribution in [0.5, 0.6) is 0 Å². The lowest BCUT2D eigenvalue weighted by molar-refractivity contribution is -0.153. The molecule has 1 N–H and O–H groups in total. The van der Waals surface area contributed by atoms with Crippen LogP contribution in [0.2, 0.25) is 0 Å². The van der Waals surface area contributed by atoms with E-state index in [1.54, 1.807) is 26.9 Å². The van der Waals surface area contributed by atoms with Crippen molar-refractivity contribution in [3.8, 4) is 0 Å². The number of ether oxygens (including phenoxy) is 1. The van der Waals surface area contributed by atoms with Crippen molar-refractivity contribution in [2.45, 2.75) is 70.2 Å². The standard InChI is InChI=1S/C31H43N3O5/c1-7-16-32(21(3)4)29(38)26-31-20-22(5)30(6,39-31)24(25(31)28(37)34(26)18-12-13-19-35)27(36)33(17-8-2)23-14-10-9-11-15-23/h7-11,14-15,21-22,24-26,35H,1-2,12-13,16-20H2,3-6H3/t22?,24-,25-,26?,30+,31?/m0/s1. The number of carbonyl (C=O) groups is 3. The summed E-state index contributed by atoms with van der Waals surface area (Å²) in [6, 6.07) is 8.44. The average Bonchev–Trinajstić information content (AvgIpc) is 3.42. The summed E-state index contributed by atoms with van der Waals surface area (Å²) in [7, 11) is 0. The maximum atomic E-state index is 14.4. The first-order valence-corrected chi connectivity index (χ1v) is 14.1. The summed E-state index contributed by atoms with van der Waals surface area (Å²) in [4.78, 5) is 48.1. The Labute approximate surface area is 232 Å². The van der Waals surface area contributed by atoms with Gasteiger partial charge in [0.15, 0.2) is 0 Å². The number of para-hydroxylation sites is 1. The summed E-state index contributed by atoms with van der Waals surface area (Å²) < 4.78 is 6.87. The summed E-state index contributed by atoms with van der Waals surface area (Å²) in [5.41, 5.74) is -1.28. The molecule has 3 unspecified atom stereocenters. The molecule has 3 aliphatic heterocycles. The maximum absolute atomic E-state index is 14.4. The van der Waals surface area contributed by atoms with Crippen molar-refractivity contribution >= 4 is 23.4 Å². The summed E-state index contributed by atoms with van der Waals surface area (Å²) in [6.45, 7) is 16.5. The van der Waals surface area contributed by atoms with Crippen LogP contribution in [-0.4, -0.2) is 82.2 Å². The third-order valence-electron chi connectivity index (χ3n) is 9.00. The highest BCUT2D eigenvalue weighted by Crippen LogP contribution is 2.65. The molecule has 3 aliphatic rings. The van der Waals surface area contributed by atoms with Crippen LogP contribution in [0.4, 0.5) is 5.69 Å². The van der Waals surface area contributed by atoms with E-state index < -0.39 is 29.1 Å². The Bertz CT molecular complexity index is 1110. The van der Waals surface area contributed by atoms with Gasteiger partial charge in [-0.25, -0.2) is 0 Å². The summed E-state index contributed by atoms with van der Waals surface area (Å²) >= 11 is 0. The van der Waals surface area contributed by atoms with E-state index in [1.165, 1.54) is 0 Å². The van der Waals surface area contributed by atoms with Crippen molar-refractivity contribution in [3.63, 3.8) is 0 Å². The van der Waals surface area contributed by atoms with E-state index in [-0.39, 0.29) is 36.3 Å². The smallest absolute Gasteiger partial charge is 0.248 e. The quantitative estimate of drug-likeness (QED) is 0.326. The SMILES string of the molecule is C=CCN(C(=O)[C@@H]1[C@H]2C(=O)N(CCCCO)C(C(=O)N(CC=C)C(C)C)C23CC(C)[C@@]1(C)O3)c1ccccc1. The van der Waals surface area contributed by atoms with Crippen molar-refractivity contribution in [2.75, 3.05) is 31.1 Å². The number of carbonyl (C=O) groups excluding carboxylic acids is 3. The zero-order chi connectivity index (χ0) is 28.5. The molecule has 6 atom stereocenters. The molecule has 3 fully saturated rings. The van der Waals surface area contributed by atoms with E-state index in [0.717, 1.165) is 5.69 Å². The summed E-state index contributed by atoms with van der Waals surface area (Å²) in [5.74, 6) is -2.15. The van der Waals surface area contributed by atoms with Crippen LogP contribution < -0.4 is 4.90 Å². The van der Waals surface area contributed by atoms with Gasteiger partial charge in [0.2, 0.25) is 17.7 Å². The van der Waals surface area contributed by atoms with Crippen LogP contribution in [0, 0.1) is 17.8 Å². The lowest BCUT2D eigenvalue weighted by Crippen LogP contribution is -2.58. The monoisotopic (exact) mass is 537 g/mol. The Morgan fingerprint density at radius 2 is 1.82 bits per heavy atom. The molecule has 212 valence electrons. The largest absolute Gasteiger partial charge is 0.396 e. The third kappa shape index (κ3) is 4.61. The van der Waals surface area contributed by atoms with E-state index in [0.29, 0.717) is 38.9 Å². The molecule has 0 aromatic heterocycles. The number of anilines is 1. The molecule has 3 amide bonds. The molecule has 1 aromatic carbocycles. The second-order valence-electron chi connectivity index (χ2n) is 11.6. The summed E-state index contributed by atoms with van der Waals surface area (Å²) in [6.07, 6.45) is 4.96. The van der Waals surface area contributed by atoms with E-state index in [9.17, 15) is 19.5 Å². The Morgan fingerprint density at radius 1 is 1.15 bits per heavy atom. The van der Waals surface area contributed by atoms with Crippen molar-refractivity contribution in [1.29, 1.82) is 0 Å². The molecule has 4 rings (SSSR count). The van der Waals surface area contributed by atoms with Crippen LogP contribution in [-0.2, 0) is 19.1 Å². The number of hydrogen-bond donors (Lipinski definition) is 1. The molecule has 3 heterocycles. The molecular weight excluding hydrogens is 494 g/mol. The van der Waals surface area contributed by atoms with Gasteiger partial charge < -0.3 is 24.5 Å². The van der Waals surface area contributed by atoms with Crippen molar-refractivity contribution in [3.05, 3.63) is 55.6 Å². The predicted octanol–water partition coefficient (Wildman–Crippen LogP) is 3.41. The van der Waals surface area contributed by atoms with Crippen LogP contribution in [0.3, 0.4) is 0 Å². The molecular formula is C31H43N3O5. The van der Waals surface area contributed by atoms with Gasteiger partial charge in [-0.3, -0.25) is 14.4 Å². The average molecular weight is 538 g/mol. The van der Waals surface area contributed by atoms with Gasteiger partial charge in [0.05, 0.1) is 17.4 Å². The molecule has 1 spiro atoms. The fourth-order valence-corrected chi connectivity index (χ4v) is 7.11. The van der Waals surface area contributed by atoms with E-state index in [2.05, 4.69) is 20.1 Å². The minimum atomic E-state index is -1.10. The Balaban J connectivity index is 1.82. The van der Waals surface area contributed by atoms with Gasteiger partial charge in [-0.05, 0) is 58.1 Å². The van der Waals surface area contributed by atoms with E-state index in [1.807, 2.05) is 51.1 Å². The minimum absolute atomic E-state index is 0.00407. The van der Waals surface area contributed by atoms with Crippen molar-refractivity contribution in [2.24, 2.45) is 17.8 Å². The second kappa shape index (κ2) is 11.3. The zero-order valence-corrected chi connectivity index (χ0v) is 23.7. The number of aliphatic hydroxyl groups excluding tert-OH is 1. The molecule has 39 heavy (non-hydrogen) atoms. The minimum Gasteiger partial charge on any atom is -0.396 e. The second-order valence-corrected chi connectivity index (χ2v) is 11.6. The fraction of sp³-hybridized carbons (Fsp3) is 0.581. The van der Waals surface area contributed by atoms with Crippen LogP contribution in [0.15, 0.2) is 55.6 Å². The van der Waals surface area contributed by atoms with E-state index in [4.69, 9.17) is 4.74 Å². The van der Waals surface area contributed by atoms with Crippen LogP contribution in [0.1, 0.15) is 47.0 Å². The number of nitrogens with zero attached hydrogens (tertiary/aromatic N) is 3. The highest BCUT2D eigenvalue weighted by atomic mass is 16.5. The first kappa shape index (κ1) is 29.0. The lowest BCUT2D eigenvalue weighted by atomic mass is 9.62. The molecule has 3 saturated heterocycles. The van der Waals surface area contributed by atoms with Gasteiger partial charge in [0.25, 0.3) is 0 Å². The van der Waals surface area contributed by atoms with Crippen LogP contribution in [0.25, 0.3) is 0 Å². The molecule has 1 aromatic rings. The van der Waals surface area contributed by atoms with Crippen molar-refractivity contribution < 1.29 is 24.2 Å². The Kier molecular flexibility index (Phi) is 8.38. The lowest BCUT2D eigenvalue weighted by Gasteiger charge is -2.39. The number of benzene rings is 1. The van der Waals surface area contributed by atoms with Gasteiger partial charge in [0.1, 0.15) is 11.6 Å². The summed E-state index contributed by atoms with van der Waals surface area (Å²) in [5, 5.41) is 9.41. The normalized spacial score (nSPS) is 30.9. The number of amides is 3. The number of likely N-dealkylation sites (tertiary alicyclic amines) is 1. The highest BCUT2D eigenvalue weighted by Gasteiger charge is 2.80. The highest BCUT2D eigenvalue weighted by molar-refractivity contribution is 6.03. The Hall–Kier alpha value is -2.97. The number of aliphatic hydroxyl groups is 1. The number of hydrogen-bond acceptors (Lipinski definition) is 5. The van der Waals surface area contributed by atoms with Gasteiger partial charge in [-0.2, -0.15) is 0 Å². The fourth-order valence-electron chi connectivity index (χ4n) is 7.11. The topological polar surface area (TPSA) is 90.4 Å². The first-order valence-electron chi connectivity index (χ1n) is 14.1. The van der Waals surface area contributed by atoms with E-state index >= 15 is 0 Å². The first-order chi connectivity index (χ1) is 18.6. The molecule has 0 radical (unpaired) electrons. The zero-order valence-electron chi connectivity index (χ0n) is 23.7. The van der Waals surface area contributed by atoms with Gasteiger partial charge in [-0.1, -0.05) is 37.3 Å². The Morgan fingerprint density at radius 3 is 2.41 bits per heavy atom. The predicted molar refractivity (Wildman–Crippen MR) is 151 cm³/mol. The van der Waals surface area contributed by atoms with Crippen LogP contribution >= 0.6 is 0 Å². The molecule has 2 bridgehead atoms. The third-order valence-corrected chi connectivity index (χ3v) is 9.00. The van der Waals surface area contributed by atoms with Gasteiger partial charge in [-0.15, -0.1) is 13.2 Å².